The van der Waals surface area contributed by atoms with Gasteiger partial charge in [0, 0.05) is 97.3 Å². The van der Waals surface area contributed by atoms with Crippen LogP contribution in [0.25, 0.3) is 21.9 Å². The zero-order chi connectivity index (χ0) is 52.3. The van der Waals surface area contributed by atoms with Crippen molar-refractivity contribution in [2.75, 3.05) is 49.2 Å². The fourth-order valence-electron chi connectivity index (χ4n) is 9.07. The maximum absolute atomic E-state index is 12.7. The number of fused-ring (bicyclic) bond motifs is 2. The van der Waals surface area contributed by atoms with Gasteiger partial charge < -0.3 is 37.4 Å². The Labute approximate surface area is 433 Å². The minimum Gasteiger partial charge on any atom is -0.465 e. The first-order valence-electron chi connectivity index (χ1n) is 25.8. The maximum atomic E-state index is 12.7. The van der Waals surface area contributed by atoms with Gasteiger partial charge in [-0.2, -0.15) is 0 Å². The van der Waals surface area contributed by atoms with Gasteiger partial charge in [-0.3, -0.25) is 9.59 Å². The molecule has 7 rings (SSSR count). The van der Waals surface area contributed by atoms with E-state index < -0.39 is 18.3 Å². The average molecular weight is 999 g/mol. The molecular formula is C60H79BN2O10. The summed E-state index contributed by atoms with van der Waals surface area (Å²) in [5, 5.41) is 1.81. The van der Waals surface area contributed by atoms with E-state index in [0.717, 1.165) is 76.0 Å². The summed E-state index contributed by atoms with van der Waals surface area (Å²) in [5.41, 5.74) is 8.86. The average Bonchev–Trinajstić information content (AvgIpc) is 3.58. The number of benzene rings is 4. The third-order valence-electron chi connectivity index (χ3n) is 14.4. The van der Waals surface area contributed by atoms with Gasteiger partial charge in [-0.25, -0.2) is 9.59 Å². The molecule has 1 aliphatic heterocycles. The van der Waals surface area contributed by atoms with Crippen LogP contribution in [0.3, 0.4) is 0 Å². The van der Waals surface area contributed by atoms with Crippen molar-refractivity contribution < 1.29 is 37.2 Å². The number of rotatable bonds is 20. The van der Waals surface area contributed by atoms with Gasteiger partial charge in [-0.15, -0.1) is 0 Å². The third-order valence-corrected chi connectivity index (χ3v) is 14.4. The number of esters is 2. The Bertz CT molecular complexity index is 2930. The van der Waals surface area contributed by atoms with Gasteiger partial charge in [0.05, 0.1) is 24.4 Å². The van der Waals surface area contributed by atoms with E-state index in [2.05, 4.69) is 69.5 Å². The summed E-state index contributed by atoms with van der Waals surface area (Å²) in [5.74, 6) is -0.100. The van der Waals surface area contributed by atoms with Gasteiger partial charge >= 0.3 is 30.3 Å². The van der Waals surface area contributed by atoms with E-state index in [1.54, 1.807) is 0 Å². The van der Waals surface area contributed by atoms with E-state index in [1.807, 2.05) is 108 Å². The molecule has 2 aromatic heterocycles. The van der Waals surface area contributed by atoms with Crippen LogP contribution in [0.5, 0.6) is 0 Å². The summed E-state index contributed by atoms with van der Waals surface area (Å²) in [4.78, 5) is 54.5. The van der Waals surface area contributed by atoms with Crippen molar-refractivity contribution in [3.05, 3.63) is 145 Å². The van der Waals surface area contributed by atoms with Crippen LogP contribution in [-0.4, -0.2) is 69.7 Å². The number of anilines is 2. The van der Waals surface area contributed by atoms with E-state index in [0.29, 0.717) is 60.3 Å². The zero-order valence-electron chi connectivity index (χ0n) is 44.7. The summed E-state index contributed by atoms with van der Waals surface area (Å²) in [6, 6.07) is 28.2. The molecule has 0 saturated carbocycles. The van der Waals surface area contributed by atoms with Crippen molar-refractivity contribution in [1.29, 1.82) is 0 Å². The summed E-state index contributed by atoms with van der Waals surface area (Å²) in [6.45, 7) is 28.5. The molecule has 392 valence electrons. The van der Waals surface area contributed by atoms with E-state index in [1.165, 1.54) is 5.56 Å². The maximum Gasteiger partial charge on any atom is 0.494 e. The summed E-state index contributed by atoms with van der Waals surface area (Å²) in [6.07, 6.45) is 2.40. The highest BCUT2D eigenvalue weighted by Gasteiger charge is 2.51. The number of carbonyl (C=O) groups excluding carboxylic acids is 2. The molecule has 0 aliphatic carbocycles. The summed E-state index contributed by atoms with van der Waals surface area (Å²) >= 11 is 0. The quantitative estimate of drug-likeness (QED) is 0.0409. The number of nitrogens with zero attached hydrogens (tertiary/aromatic N) is 2. The van der Waals surface area contributed by atoms with Crippen LogP contribution in [0.2, 0.25) is 0 Å². The molecule has 73 heavy (non-hydrogen) atoms. The van der Waals surface area contributed by atoms with Gasteiger partial charge in [0.25, 0.3) is 0 Å². The van der Waals surface area contributed by atoms with Crippen molar-refractivity contribution in [2.24, 2.45) is 0 Å². The second kappa shape index (κ2) is 25.7. The van der Waals surface area contributed by atoms with Crippen LogP contribution < -0.4 is 26.5 Å². The number of hydrogen-bond acceptors (Lipinski definition) is 12. The molecule has 0 radical (unpaired) electrons. The van der Waals surface area contributed by atoms with E-state index in [-0.39, 0.29) is 50.3 Å². The predicted molar refractivity (Wildman–Crippen MR) is 297 cm³/mol. The second-order valence-corrected chi connectivity index (χ2v) is 19.9. The molecule has 1 saturated heterocycles. The molecule has 0 amide bonds. The van der Waals surface area contributed by atoms with Crippen molar-refractivity contribution in [3.8, 4) is 0 Å². The Kier molecular flexibility index (Phi) is 20.3. The van der Waals surface area contributed by atoms with Crippen LogP contribution in [0, 0.1) is 13.8 Å². The SMILES string of the molecule is C.CCN(CC)c1ccc2c(C)c(CCOC(=O)CCc3cccc(B4OC(C)(C)C(C)(C)O4)c3)c(=O)oc2c1.CCN(CC)c1ccc2c(C)c(CCOC(=O)CCc3cccc(C(C)C)c3)c(=O)oc2c1. The van der Waals surface area contributed by atoms with Crippen molar-refractivity contribution in [1.82, 2.24) is 0 Å². The van der Waals surface area contributed by atoms with Gasteiger partial charge in [0.1, 0.15) is 11.2 Å². The molecule has 3 heterocycles. The van der Waals surface area contributed by atoms with Crippen molar-refractivity contribution in [3.63, 3.8) is 0 Å². The van der Waals surface area contributed by atoms with Crippen molar-refractivity contribution in [2.45, 2.75) is 146 Å². The number of aryl methyl sites for hydroxylation is 4. The fourth-order valence-corrected chi connectivity index (χ4v) is 9.07. The molecule has 4 aromatic carbocycles. The van der Waals surface area contributed by atoms with E-state index >= 15 is 0 Å². The first kappa shape index (κ1) is 57.7. The monoisotopic (exact) mass is 999 g/mol. The molecule has 0 spiro atoms. The summed E-state index contributed by atoms with van der Waals surface area (Å²) < 4.78 is 34.5. The molecule has 13 heteroatoms. The predicted octanol–water partition coefficient (Wildman–Crippen LogP) is 11.4. The molecule has 12 nitrogen and oxygen atoms in total. The van der Waals surface area contributed by atoms with Gasteiger partial charge in [0.15, 0.2) is 0 Å². The molecular weight excluding hydrogens is 919 g/mol. The van der Waals surface area contributed by atoms with Crippen LogP contribution in [0.4, 0.5) is 11.4 Å². The molecule has 0 N–H and O–H groups in total. The number of ether oxygens (including phenoxy) is 2. The zero-order valence-corrected chi connectivity index (χ0v) is 44.7. The Morgan fingerprint density at radius 3 is 1.44 bits per heavy atom. The lowest BCUT2D eigenvalue weighted by molar-refractivity contribution is -0.144. The molecule has 0 atom stereocenters. The second-order valence-electron chi connectivity index (χ2n) is 19.9. The van der Waals surface area contributed by atoms with Gasteiger partial charge in [0.2, 0.25) is 0 Å². The normalized spacial score (nSPS) is 13.6. The highest BCUT2D eigenvalue weighted by atomic mass is 16.7. The molecule has 1 fully saturated rings. The summed E-state index contributed by atoms with van der Waals surface area (Å²) in [7, 11) is -0.442. The number of hydrogen-bond donors (Lipinski definition) is 0. The van der Waals surface area contributed by atoms with Crippen LogP contribution in [0.1, 0.15) is 134 Å². The first-order valence-corrected chi connectivity index (χ1v) is 25.8. The highest BCUT2D eigenvalue weighted by Crippen LogP contribution is 2.36. The lowest BCUT2D eigenvalue weighted by Gasteiger charge is -2.32. The molecule has 6 aromatic rings. The van der Waals surface area contributed by atoms with Gasteiger partial charge in [-0.05, 0) is 146 Å². The topological polar surface area (TPSA) is 138 Å². The Morgan fingerprint density at radius 2 is 1.01 bits per heavy atom. The minimum atomic E-state index is -0.442. The lowest BCUT2D eigenvalue weighted by atomic mass is 9.78. The van der Waals surface area contributed by atoms with Gasteiger partial charge in [-0.1, -0.05) is 69.8 Å². The minimum absolute atomic E-state index is 0. The first-order chi connectivity index (χ1) is 34.3. The van der Waals surface area contributed by atoms with Crippen LogP contribution in [0.15, 0.2) is 103 Å². The number of carbonyl (C=O) groups is 2. The fraction of sp³-hybridized carbons (Fsp3) is 0.467. The largest absolute Gasteiger partial charge is 0.494 e. The molecule has 0 unspecified atom stereocenters. The van der Waals surface area contributed by atoms with E-state index in [9.17, 15) is 19.2 Å². The Hall–Kier alpha value is -6.18. The highest BCUT2D eigenvalue weighted by molar-refractivity contribution is 6.62. The standard InChI is InChI=1S/C31H40BNO6.C28H35NO4.CH4/c1-8-33(9-2)24-14-15-25-21(3)26(29(35)37-27(25)20-24)17-18-36-28(34)16-13-22-11-10-12-23(19-22)32-38-30(4,5)31(6,7)39-32;1-6-29(7-2)23-12-13-24-20(5)25(28(31)33-26(24)18-23)15-16-32-27(30)14-11-21-9-8-10-22(17-21)19(3)4;/h10-12,14-15,19-20H,8-9,13,16-18H2,1-7H3;8-10,12-13,17-19H,6-7,11,14-16H2,1-5H3;1H4. The Morgan fingerprint density at radius 1 is 0.589 bits per heavy atom. The Balaban J connectivity index is 0.000000271. The smallest absolute Gasteiger partial charge is 0.465 e. The van der Waals surface area contributed by atoms with Crippen molar-refractivity contribution >= 4 is 57.8 Å². The lowest BCUT2D eigenvalue weighted by Crippen LogP contribution is -2.41. The van der Waals surface area contributed by atoms with Crippen LogP contribution >= 0.6 is 0 Å². The molecule has 1 aliphatic rings. The molecule has 0 bridgehead atoms. The third kappa shape index (κ3) is 14.3. The van der Waals surface area contributed by atoms with Crippen LogP contribution in [-0.2, 0) is 54.1 Å². The van der Waals surface area contributed by atoms with E-state index in [4.69, 9.17) is 27.6 Å².